The molecule has 0 spiro atoms. The Kier molecular flexibility index (Phi) is 5.30. The predicted octanol–water partition coefficient (Wildman–Crippen LogP) is 4.36. The monoisotopic (exact) mass is 225 g/mol. The highest BCUT2D eigenvalue weighted by atomic mass is 14.7. The summed E-state index contributed by atoms with van der Waals surface area (Å²) in [6.07, 6.45) is 9.79. The van der Waals surface area contributed by atoms with Crippen molar-refractivity contribution in [1.82, 2.24) is 0 Å². The summed E-state index contributed by atoms with van der Waals surface area (Å²) in [5.74, 6) is 1.97. The minimum Gasteiger partial charge on any atom is -0.327 e. The van der Waals surface area contributed by atoms with Crippen molar-refractivity contribution >= 4 is 0 Å². The standard InChI is InChI=1S/C15H31N/c1-5-12-7-6-8-13(11-12)9-10-14(16)15(2,3)4/h12-14H,5-11,16H2,1-4H3. The van der Waals surface area contributed by atoms with Crippen LogP contribution in [-0.2, 0) is 0 Å². The van der Waals surface area contributed by atoms with Gasteiger partial charge in [0.05, 0.1) is 0 Å². The Morgan fingerprint density at radius 3 is 2.38 bits per heavy atom. The molecule has 0 aliphatic heterocycles. The predicted molar refractivity (Wildman–Crippen MR) is 72.4 cm³/mol. The zero-order valence-corrected chi connectivity index (χ0v) is 11.8. The smallest absolute Gasteiger partial charge is 0.00877 e. The van der Waals surface area contributed by atoms with Crippen LogP contribution in [0.3, 0.4) is 0 Å². The second-order valence-corrected chi connectivity index (χ2v) is 6.86. The van der Waals surface area contributed by atoms with Gasteiger partial charge >= 0.3 is 0 Å². The molecule has 0 saturated heterocycles. The molecule has 0 aromatic carbocycles. The first-order valence-electron chi connectivity index (χ1n) is 7.19. The summed E-state index contributed by atoms with van der Waals surface area (Å²) in [7, 11) is 0. The van der Waals surface area contributed by atoms with Gasteiger partial charge in [0, 0.05) is 6.04 Å². The van der Waals surface area contributed by atoms with Gasteiger partial charge in [0.1, 0.15) is 0 Å². The van der Waals surface area contributed by atoms with Crippen LogP contribution >= 0.6 is 0 Å². The Balaban J connectivity index is 2.27. The third-order valence-electron chi connectivity index (χ3n) is 4.47. The van der Waals surface area contributed by atoms with Crippen molar-refractivity contribution in [2.75, 3.05) is 0 Å². The number of hydrogen-bond acceptors (Lipinski definition) is 1. The van der Waals surface area contributed by atoms with Crippen molar-refractivity contribution in [3.63, 3.8) is 0 Å². The van der Waals surface area contributed by atoms with Crippen molar-refractivity contribution in [2.45, 2.75) is 78.7 Å². The molecule has 1 aliphatic carbocycles. The quantitative estimate of drug-likeness (QED) is 0.756. The van der Waals surface area contributed by atoms with Gasteiger partial charge in [-0.3, -0.25) is 0 Å². The van der Waals surface area contributed by atoms with Crippen LogP contribution < -0.4 is 5.73 Å². The fraction of sp³-hybridized carbons (Fsp3) is 1.00. The van der Waals surface area contributed by atoms with Crippen LogP contribution in [0.5, 0.6) is 0 Å². The van der Waals surface area contributed by atoms with Crippen molar-refractivity contribution in [3.8, 4) is 0 Å². The van der Waals surface area contributed by atoms with Gasteiger partial charge in [-0.1, -0.05) is 53.4 Å². The van der Waals surface area contributed by atoms with E-state index < -0.39 is 0 Å². The molecule has 16 heavy (non-hydrogen) atoms. The van der Waals surface area contributed by atoms with Crippen molar-refractivity contribution in [2.24, 2.45) is 23.0 Å². The first-order valence-corrected chi connectivity index (χ1v) is 7.19. The first-order chi connectivity index (χ1) is 7.43. The van der Waals surface area contributed by atoms with Gasteiger partial charge < -0.3 is 5.73 Å². The third-order valence-corrected chi connectivity index (χ3v) is 4.47. The van der Waals surface area contributed by atoms with Crippen LogP contribution in [0.25, 0.3) is 0 Å². The van der Waals surface area contributed by atoms with E-state index >= 15 is 0 Å². The molecule has 0 heterocycles. The van der Waals surface area contributed by atoms with Gasteiger partial charge in [-0.05, 0) is 36.5 Å². The van der Waals surface area contributed by atoms with Gasteiger partial charge in [0.15, 0.2) is 0 Å². The van der Waals surface area contributed by atoms with Crippen LogP contribution in [0, 0.1) is 17.3 Å². The van der Waals surface area contributed by atoms with E-state index in [4.69, 9.17) is 5.73 Å². The third kappa shape index (κ3) is 4.45. The van der Waals surface area contributed by atoms with Gasteiger partial charge in [-0.25, -0.2) is 0 Å². The second kappa shape index (κ2) is 6.05. The molecule has 0 amide bonds. The van der Waals surface area contributed by atoms with Crippen molar-refractivity contribution in [1.29, 1.82) is 0 Å². The van der Waals surface area contributed by atoms with E-state index in [9.17, 15) is 0 Å². The summed E-state index contributed by atoms with van der Waals surface area (Å²) in [5.41, 5.74) is 6.51. The maximum absolute atomic E-state index is 6.24. The van der Waals surface area contributed by atoms with E-state index in [0.29, 0.717) is 6.04 Å². The molecule has 1 saturated carbocycles. The minimum atomic E-state index is 0.277. The zero-order chi connectivity index (χ0) is 12.2. The lowest BCUT2D eigenvalue weighted by Crippen LogP contribution is -2.35. The van der Waals surface area contributed by atoms with Gasteiger partial charge in [0.25, 0.3) is 0 Å². The topological polar surface area (TPSA) is 26.0 Å². The summed E-state index contributed by atoms with van der Waals surface area (Å²) >= 11 is 0. The molecule has 1 rings (SSSR count). The average molecular weight is 225 g/mol. The normalized spacial score (nSPS) is 29.1. The van der Waals surface area contributed by atoms with E-state index in [-0.39, 0.29) is 5.41 Å². The number of rotatable bonds is 4. The summed E-state index contributed by atoms with van der Waals surface area (Å²) < 4.78 is 0. The molecule has 3 unspecified atom stereocenters. The molecule has 1 nitrogen and oxygen atoms in total. The highest BCUT2D eigenvalue weighted by Gasteiger charge is 2.24. The number of nitrogens with two attached hydrogens (primary N) is 1. The maximum Gasteiger partial charge on any atom is 0.00877 e. The lowest BCUT2D eigenvalue weighted by molar-refractivity contribution is 0.222. The molecule has 1 heteroatoms. The first kappa shape index (κ1) is 14.0. The SMILES string of the molecule is CCC1CCCC(CCC(N)C(C)(C)C)C1. The number of hydrogen-bond donors (Lipinski definition) is 1. The van der Waals surface area contributed by atoms with E-state index in [0.717, 1.165) is 11.8 Å². The molecular weight excluding hydrogens is 194 g/mol. The molecular formula is C15H31N. The van der Waals surface area contributed by atoms with Crippen LogP contribution in [0.4, 0.5) is 0 Å². The van der Waals surface area contributed by atoms with Crippen molar-refractivity contribution in [3.05, 3.63) is 0 Å². The molecule has 0 radical (unpaired) electrons. The van der Waals surface area contributed by atoms with E-state index in [1.54, 1.807) is 0 Å². The van der Waals surface area contributed by atoms with E-state index in [1.807, 2.05) is 0 Å². The highest BCUT2D eigenvalue weighted by Crippen LogP contribution is 2.34. The summed E-state index contributed by atoms with van der Waals surface area (Å²) in [6, 6.07) is 0.370. The second-order valence-electron chi connectivity index (χ2n) is 6.86. The van der Waals surface area contributed by atoms with Crippen LogP contribution in [0.1, 0.15) is 72.6 Å². The Morgan fingerprint density at radius 2 is 1.81 bits per heavy atom. The lowest BCUT2D eigenvalue weighted by Gasteiger charge is -2.32. The van der Waals surface area contributed by atoms with Crippen molar-refractivity contribution < 1.29 is 0 Å². The molecule has 3 atom stereocenters. The summed E-state index contributed by atoms with van der Waals surface area (Å²) in [4.78, 5) is 0. The highest BCUT2D eigenvalue weighted by molar-refractivity contribution is 4.79. The molecule has 0 aromatic rings. The Hall–Kier alpha value is -0.0400. The largest absolute Gasteiger partial charge is 0.327 e. The summed E-state index contributed by atoms with van der Waals surface area (Å²) in [5, 5.41) is 0. The van der Waals surface area contributed by atoms with Crippen LogP contribution in [0.15, 0.2) is 0 Å². The minimum absolute atomic E-state index is 0.277. The van der Waals surface area contributed by atoms with E-state index in [1.165, 1.54) is 44.9 Å². The molecule has 2 N–H and O–H groups in total. The molecule has 1 aliphatic rings. The van der Waals surface area contributed by atoms with E-state index in [2.05, 4.69) is 27.7 Å². The van der Waals surface area contributed by atoms with Crippen LogP contribution in [0.2, 0.25) is 0 Å². The Labute approximate surface area is 102 Å². The summed E-state index contributed by atoms with van der Waals surface area (Å²) in [6.45, 7) is 9.11. The van der Waals surface area contributed by atoms with Gasteiger partial charge in [-0.15, -0.1) is 0 Å². The zero-order valence-electron chi connectivity index (χ0n) is 11.8. The van der Waals surface area contributed by atoms with Gasteiger partial charge in [-0.2, -0.15) is 0 Å². The van der Waals surface area contributed by atoms with Crippen LogP contribution in [-0.4, -0.2) is 6.04 Å². The average Bonchev–Trinajstić information content (AvgIpc) is 2.25. The Bertz CT molecular complexity index is 192. The molecule has 1 fully saturated rings. The Morgan fingerprint density at radius 1 is 1.19 bits per heavy atom. The molecule has 96 valence electrons. The fourth-order valence-electron chi connectivity index (χ4n) is 2.88. The lowest BCUT2D eigenvalue weighted by atomic mass is 9.76. The molecule has 0 aromatic heterocycles. The fourth-order valence-corrected chi connectivity index (χ4v) is 2.88. The maximum atomic E-state index is 6.24. The molecule has 0 bridgehead atoms. The van der Waals surface area contributed by atoms with Gasteiger partial charge in [0.2, 0.25) is 0 Å².